The molecule has 2 bridgehead atoms. The first-order chi connectivity index (χ1) is 17.7. The number of oxazole rings is 1. The van der Waals surface area contributed by atoms with Crippen molar-refractivity contribution in [2.45, 2.75) is 62.7 Å². The molecule has 5 atom stereocenters. The van der Waals surface area contributed by atoms with E-state index in [4.69, 9.17) is 9.68 Å². The van der Waals surface area contributed by atoms with Crippen molar-refractivity contribution in [3.8, 4) is 23.5 Å². The highest BCUT2D eigenvalue weighted by Crippen LogP contribution is 2.41. The van der Waals surface area contributed by atoms with E-state index < -0.39 is 0 Å². The average molecular weight is 479 g/mol. The lowest BCUT2D eigenvalue weighted by Crippen LogP contribution is -2.56. The van der Waals surface area contributed by atoms with Gasteiger partial charge in [0.05, 0.1) is 29.5 Å². The molecule has 2 N–H and O–H groups in total. The molecule has 0 unspecified atom stereocenters. The Labute approximate surface area is 211 Å². The zero-order valence-electron chi connectivity index (χ0n) is 20.2. The van der Waals surface area contributed by atoms with Crippen LogP contribution in [0.1, 0.15) is 49.7 Å². The number of nitrogens with one attached hydrogen (secondary N) is 2. The molecule has 1 saturated heterocycles. The molecule has 3 aromatic rings. The number of anilines is 2. The second-order valence-electron chi connectivity index (χ2n) is 10.4. The molecule has 2 heterocycles. The smallest absolute Gasteiger partial charge is 0.295 e. The van der Waals surface area contributed by atoms with Crippen molar-refractivity contribution >= 4 is 11.7 Å². The van der Waals surface area contributed by atoms with Crippen molar-refractivity contribution in [3.05, 3.63) is 65.9 Å². The number of nitrogens with zero attached hydrogens (tertiary/aromatic N) is 4. The van der Waals surface area contributed by atoms with Crippen LogP contribution in [0.2, 0.25) is 0 Å². The highest BCUT2D eigenvalue weighted by atomic mass is 16.4. The lowest BCUT2D eigenvalue weighted by Gasteiger charge is -2.40. The van der Waals surface area contributed by atoms with Crippen LogP contribution in [0.3, 0.4) is 0 Å². The van der Waals surface area contributed by atoms with E-state index >= 15 is 0 Å². The van der Waals surface area contributed by atoms with Crippen molar-refractivity contribution in [1.82, 2.24) is 10.3 Å². The Hall–Kier alpha value is -3.81. The number of benzene rings is 2. The number of nitriles is 2. The normalized spacial score (nSPS) is 26.9. The van der Waals surface area contributed by atoms with E-state index in [-0.39, 0.29) is 6.04 Å². The Morgan fingerprint density at radius 3 is 2.50 bits per heavy atom. The maximum atomic E-state index is 9.19. The Morgan fingerprint density at radius 2 is 1.72 bits per heavy atom. The van der Waals surface area contributed by atoms with Crippen LogP contribution in [0.25, 0.3) is 11.3 Å². The zero-order valence-corrected chi connectivity index (χ0v) is 20.2. The third-order valence-corrected chi connectivity index (χ3v) is 8.09. The van der Waals surface area contributed by atoms with Crippen LogP contribution >= 0.6 is 0 Å². The van der Waals surface area contributed by atoms with Gasteiger partial charge in [-0.3, -0.25) is 0 Å². The number of rotatable bonds is 6. The van der Waals surface area contributed by atoms with E-state index in [2.05, 4.69) is 44.8 Å². The Bertz CT molecular complexity index is 1300. The molecule has 3 fully saturated rings. The van der Waals surface area contributed by atoms with E-state index in [1.807, 2.05) is 30.3 Å². The van der Waals surface area contributed by atoms with Crippen LogP contribution in [-0.4, -0.2) is 35.7 Å². The molecule has 182 valence electrons. The van der Waals surface area contributed by atoms with Gasteiger partial charge >= 0.3 is 0 Å². The third kappa shape index (κ3) is 4.43. The molecule has 6 rings (SSSR count). The summed E-state index contributed by atoms with van der Waals surface area (Å²) in [5.74, 6) is 1.39. The predicted molar refractivity (Wildman–Crippen MR) is 138 cm³/mol. The van der Waals surface area contributed by atoms with Crippen molar-refractivity contribution in [1.29, 1.82) is 10.5 Å². The van der Waals surface area contributed by atoms with Gasteiger partial charge in [-0.05, 0) is 68.0 Å². The number of hydrogen-bond acceptors (Lipinski definition) is 7. The zero-order chi connectivity index (χ0) is 24.5. The lowest BCUT2D eigenvalue weighted by atomic mass is 9.89. The van der Waals surface area contributed by atoms with Gasteiger partial charge in [0.1, 0.15) is 0 Å². The van der Waals surface area contributed by atoms with Crippen molar-refractivity contribution in [2.24, 2.45) is 5.92 Å². The maximum Gasteiger partial charge on any atom is 0.295 e. The Morgan fingerprint density at radius 1 is 0.917 bits per heavy atom. The van der Waals surface area contributed by atoms with Crippen LogP contribution in [0.5, 0.6) is 0 Å². The summed E-state index contributed by atoms with van der Waals surface area (Å²) in [5.41, 5.74) is 3.40. The first-order valence-corrected chi connectivity index (χ1v) is 13.0. The van der Waals surface area contributed by atoms with Gasteiger partial charge in [0.25, 0.3) is 6.01 Å². The lowest BCUT2D eigenvalue weighted by molar-refractivity contribution is 0.287. The standard InChI is InChI=1S/C29H30N6O/c30-15-19-8-10-23(11-9-19)35-18-21-13-26(27(35)14-21)33-24-6-1-2-7-25(24)34-29-32-17-28(36-29)22-5-3-4-20(12-22)16-31/h3-5,8-12,17,21,24-27,33H,1-2,6-7,13-14,18H2,(H,32,34)/t21-,24-,25-,26+,27-/m1/s1. The highest BCUT2D eigenvalue weighted by molar-refractivity contribution is 5.60. The molecule has 7 heteroatoms. The van der Waals surface area contributed by atoms with Crippen LogP contribution in [0.15, 0.2) is 59.1 Å². The van der Waals surface area contributed by atoms with Gasteiger partial charge in [0.15, 0.2) is 5.76 Å². The molecule has 3 aliphatic rings. The van der Waals surface area contributed by atoms with E-state index in [1.54, 1.807) is 12.3 Å². The van der Waals surface area contributed by atoms with Gasteiger partial charge in [0, 0.05) is 42.0 Å². The minimum absolute atomic E-state index is 0.262. The van der Waals surface area contributed by atoms with Gasteiger partial charge < -0.3 is 20.0 Å². The molecule has 7 nitrogen and oxygen atoms in total. The SMILES string of the molecule is N#Cc1ccc(N2C[C@@H]3C[C@H](N[C@@H]4CCCC[C@H]4Nc4ncc(-c5cccc(C#N)c5)o4)[C@H]2C3)cc1. The summed E-state index contributed by atoms with van der Waals surface area (Å²) in [6.07, 6.45) is 8.83. The summed E-state index contributed by atoms with van der Waals surface area (Å²) in [5, 5.41) is 25.9. The average Bonchev–Trinajstić information content (AvgIpc) is 3.66. The largest absolute Gasteiger partial charge is 0.424 e. The third-order valence-electron chi connectivity index (χ3n) is 8.09. The highest BCUT2D eigenvalue weighted by Gasteiger charge is 2.46. The van der Waals surface area contributed by atoms with Crippen LogP contribution < -0.4 is 15.5 Å². The molecule has 1 aliphatic heterocycles. The van der Waals surface area contributed by atoms with Gasteiger partial charge in [0.2, 0.25) is 0 Å². The summed E-state index contributed by atoms with van der Waals surface area (Å²) in [6.45, 7) is 1.10. The summed E-state index contributed by atoms with van der Waals surface area (Å²) in [7, 11) is 0. The topological polar surface area (TPSA) is 101 Å². The van der Waals surface area contributed by atoms with Crippen LogP contribution in [-0.2, 0) is 0 Å². The van der Waals surface area contributed by atoms with E-state index in [1.165, 1.54) is 31.4 Å². The van der Waals surface area contributed by atoms with Gasteiger partial charge in [-0.15, -0.1) is 0 Å². The monoisotopic (exact) mass is 478 g/mol. The molecular weight excluding hydrogens is 448 g/mol. The summed E-state index contributed by atoms with van der Waals surface area (Å²) < 4.78 is 6.04. The molecule has 2 aromatic carbocycles. The number of aromatic nitrogens is 1. The first-order valence-electron chi connectivity index (χ1n) is 13.0. The van der Waals surface area contributed by atoms with Crippen molar-refractivity contribution in [2.75, 3.05) is 16.8 Å². The number of hydrogen-bond donors (Lipinski definition) is 2. The Balaban J connectivity index is 1.13. The second kappa shape index (κ2) is 9.68. The van der Waals surface area contributed by atoms with E-state index in [0.29, 0.717) is 41.0 Å². The fourth-order valence-electron chi connectivity index (χ4n) is 6.38. The molecule has 36 heavy (non-hydrogen) atoms. The summed E-state index contributed by atoms with van der Waals surface area (Å²) in [6, 6.07) is 21.9. The first kappa shape index (κ1) is 22.6. The number of piperidine rings is 1. The van der Waals surface area contributed by atoms with Crippen LogP contribution in [0.4, 0.5) is 11.7 Å². The van der Waals surface area contributed by atoms with Crippen molar-refractivity contribution in [3.63, 3.8) is 0 Å². The summed E-state index contributed by atoms with van der Waals surface area (Å²) >= 11 is 0. The second-order valence-corrected chi connectivity index (χ2v) is 10.4. The molecule has 0 radical (unpaired) electrons. The molecule has 0 amide bonds. The van der Waals surface area contributed by atoms with Crippen molar-refractivity contribution < 1.29 is 4.42 Å². The van der Waals surface area contributed by atoms with Gasteiger partial charge in [-0.25, -0.2) is 4.98 Å². The predicted octanol–water partition coefficient (Wildman–Crippen LogP) is 5.07. The minimum Gasteiger partial charge on any atom is -0.424 e. The molecule has 2 saturated carbocycles. The van der Waals surface area contributed by atoms with Gasteiger partial charge in [-0.2, -0.15) is 10.5 Å². The summed E-state index contributed by atoms with van der Waals surface area (Å²) in [4.78, 5) is 7.03. The molecule has 0 spiro atoms. The fraction of sp³-hybridized carbons (Fsp3) is 0.414. The quantitative estimate of drug-likeness (QED) is 0.510. The van der Waals surface area contributed by atoms with Gasteiger partial charge in [-0.1, -0.05) is 25.0 Å². The van der Waals surface area contributed by atoms with E-state index in [0.717, 1.165) is 30.9 Å². The minimum atomic E-state index is 0.262. The van der Waals surface area contributed by atoms with E-state index in [9.17, 15) is 5.26 Å². The fourth-order valence-corrected chi connectivity index (χ4v) is 6.38. The Kier molecular flexibility index (Phi) is 6.09. The maximum absolute atomic E-state index is 9.19. The van der Waals surface area contributed by atoms with Crippen LogP contribution in [0, 0.1) is 28.6 Å². The molecular formula is C29H30N6O. The number of fused-ring (bicyclic) bond motifs is 2. The molecule has 1 aromatic heterocycles. The molecule has 2 aliphatic carbocycles.